The summed E-state index contributed by atoms with van der Waals surface area (Å²) in [6.07, 6.45) is 4.16. The number of hydrogen-bond donors (Lipinski definition) is 1. The average molecular weight is 309 g/mol. The Kier molecular flexibility index (Phi) is 4.66. The van der Waals surface area contributed by atoms with Gasteiger partial charge in [-0.3, -0.25) is 0 Å². The molecule has 1 heterocycles. The largest absolute Gasteiger partial charge is 0.491 e. The molecule has 1 N–H and O–H groups in total. The van der Waals surface area contributed by atoms with Crippen LogP contribution in [-0.4, -0.2) is 28.3 Å². The van der Waals surface area contributed by atoms with E-state index < -0.39 is 0 Å². The summed E-state index contributed by atoms with van der Waals surface area (Å²) in [7, 11) is 0. The maximum atomic E-state index is 8.65. The van der Waals surface area contributed by atoms with E-state index in [-0.39, 0.29) is 6.61 Å². The predicted octanol–water partition coefficient (Wildman–Crippen LogP) is 2.20. The highest BCUT2D eigenvalue weighted by molar-refractivity contribution is 9.10. The summed E-state index contributed by atoms with van der Waals surface area (Å²) in [5.74, 6) is 1.53. The van der Waals surface area contributed by atoms with E-state index in [0.717, 1.165) is 21.6 Å². The summed E-state index contributed by atoms with van der Waals surface area (Å²) < 4.78 is 6.16. The summed E-state index contributed by atoms with van der Waals surface area (Å²) in [5, 5.41) is 8.65. The molecule has 4 nitrogen and oxygen atoms in total. The lowest BCUT2D eigenvalue weighted by atomic mass is 10.1. The van der Waals surface area contributed by atoms with Gasteiger partial charge in [-0.05, 0) is 33.6 Å². The number of hydrogen-bond acceptors (Lipinski definition) is 4. The minimum Gasteiger partial charge on any atom is -0.491 e. The number of aliphatic hydroxyl groups excluding tert-OH is 1. The Balaban J connectivity index is 1.99. The summed E-state index contributed by atoms with van der Waals surface area (Å²) in [4.78, 5) is 8.45. The van der Waals surface area contributed by atoms with Gasteiger partial charge in [-0.1, -0.05) is 12.1 Å². The molecule has 0 aliphatic carbocycles. The van der Waals surface area contributed by atoms with E-state index in [0.29, 0.717) is 13.0 Å². The first-order valence-corrected chi connectivity index (χ1v) is 6.36. The summed E-state index contributed by atoms with van der Waals surface area (Å²) in [5.41, 5.74) is 1.12. The van der Waals surface area contributed by atoms with Gasteiger partial charge < -0.3 is 9.84 Å². The number of nitrogens with zero attached hydrogens (tertiary/aromatic N) is 2. The minimum atomic E-state index is 0.0223. The number of ether oxygens (including phenoxy) is 1. The van der Waals surface area contributed by atoms with Crippen LogP contribution in [0.3, 0.4) is 0 Å². The molecule has 0 unspecified atom stereocenters. The zero-order chi connectivity index (χ0) is 12.8. The van der Waals surface area contributed by atoms with Gasteiger partial charge in [0.1, 0.15) is 18.2 Å². The van der Waals surface area contributed by atoms with Crippen molar-refractivity contribution in [2.45, 2.75) is 6.42 Å². The second-order valence-electron chi connectivity index (χ2n) is 3.71. The van der Waals surface area contributed by atoms with E-state index >= 15 is 0 Å². The van der Waals surface area contributed by atoms with Crippen molar-refractivity contribution in [3.63, 3.8) is 0 Å². The first-order chi connectivity index (χ1) is 8.78. The molecule has 5 heteroatoms. The fourth-order valence-electron chi connectivity index (χ4n) is 1.48. The first-order valence-electron chi connectivity index (χ1n) is 5.57. The Labute approximate surface area is 114 Å². The van der Waals surface area contributed by atoms with Gasteiger partial charge in [0, 0.05) is 18.8 Å². The van der Waals surface area contributed by atoms with Crippen LogP contribution in [0.4, 0.5) is 0 Å². The van der Waals surface area contributed by atoms with Gasteiger partial charge in [0.2, 0.25) is 0 Å². The first kappa shape index (κ1) is 13.0. The van der Waals surface area contributed by atoms with Crippen LogP contribution < -0.4 is 4.74 Å². The topological polar surface area (TPSA) is 55.2 Å². The Morgan fingerprint density at radius 1 is 1.11 bits per heavy atom. The summed E-state index contributed by atoms with van der Waals surface area (Å²) in [6, 6.07) is 7.70. The third-order valence-electron chi connectivity index (χ3n) is 2.32. The molecule has 0 aliphatic heterocycles. The lowest BCUT2D eigenvalue weighted by molar-refractivity contribution is 0.201. The molecule has 0 bridgehead atoms. The van der Waals surface area contributed by atoms with Gasteiger partial charge in [0.15, 0.2) is 0 Å². The van der Waals surface area contributed by atoms with Gasteiger partial charge in [0.25, 0.3) is 0 Å². The monoisotopic (exact) mass is 308 g/mol. The van der Waals surface area contributed by atoms with Crippen molar-refractivity contribution in [1.82, 2.24) is 9.97 Å². The van der Waals surface area contributed by atoms with E-state index in [1.807, 2.05) is 24.3 Å². The van der Waals surface area contributed by atoms with E-state index in [9.17, 15) is 0 Å². The molecular formula is C13H13BrN2O2. The molecule has 0 amide bonds. The molecule has 18 heavy (non-hydrogen) atoms. The van der Waals surface area contributed by atoms with Crippen LogP contribution in [0, 0.1) is 0 Å². The molecule has 0 saturated carbocycles. The third-order valence-corrected chi connectivity index (χ3v) is 2.73. The zero-order valence-electron chi connectivity index (χ0n) is 9.71. The van der Waals surface area contributed by atoms with Crippen LogP contribution in [0.25, 0.3) is 0 Å². The second-order valence-corrected chi connectivity index (χ2v) is 4.63. The van der Waals surface area contributed by atoms with Crippen LogP contribution in [-0.2, 0) is 6.42 Å². The van der Waals surface area contributed by atoms with Crippen molar-refractivity contribution >= 4 is 15.9 Å². The van der Waals surface area contributed by atoms with Crippen LogP contribution in [0.5, 0.6) is 5.75 Å². The molecule has 1 aromatic heterocycles. The summed E-state index contributed by atoms with van der Waals surface area (Å²) >= 11 is 3.30. The number of aliphatic hydroxyl groups is 1. The lowest BCUT2D eigenvalue weighted by Gasteiger charge is -2.05. The fraction of sp³-hybridized carbons (Fsp3) is 0.231. The van der Waals surface area contributed by atoms with Crippen molar-refractivity contribution in [2.75, 3.05) is 13.2 Å². The molecule has 0 aliphatic rings. The Hall–Kier alpha value is -1.46. The molecule has 0 fully saturated rings. The average Bonchev–Trinajstić information content (AvgIpc) is 2.41. The number of rotatable bonds is 5. The minimum absolute atomic E-state index is 0.0223. The highest BCUT2D eigenvalue weighted by Crippen LogP contribution is 2.14. The Morgan fingerprint density at radius 3 is 2.39 bits per heavy atom. The number of aromatic nitrogens is 2. The number of halogens is 1. The number of benzene rings is 1. The molecular weight excluding hydrogens is 296 g/mol. The predicted molar refractivity (Wildman–Crippen MR) is 71.6 cm³/mol. The van der Waals surface area contributed by atoms with Crippen molar-refractivity contribution < 1.29 is 9.84 Å². The Bertz CT molecular complexity index is 485. The van der Waals surface area contributed by atoms with E-state index in [4.69, 9.17) is 9.84 Å². The van der Waals surface area contributed by atoms with Gasteiger partial charge in [0.05, 0.1) is 11.1 Å². The summed E-state index contributed by atoms with van der Waals surface area (Å²) in [6.45, 7) is 0.337. The van der Waals surface area contributed by atoms with Crippen LogP contribution in [0.15, 0.2) is 41.1 Å². The van der Waals surface area contributed by atoms with Gasteiger partial charge in [-0.2, -0.15) is 0 Å². The smallest absolute Gasteiger partial charge is 0.132 e. The van der Waals surface area contributed by atoms with Crippen molar-refractivity contribution in [3.05, 3.63) is 52.5 Å². The molecule has 1 aromatic carbocycles. The van der Waals surface area contributed by atoms with E-state index in [1.54, 1.807) is 12.4 Å². The quantitative estimate of drug-likeness (QED) is 0.920. The molecule has 2 rings (SSSR count). The van der Waals surface area contributed by atoms with Crippen molar-refractivity contribution in [1.29, 1.82) is 0 Å². The van der Waals surface area contributed by atoms with E-state index in [2.05, 4.69) is 25.9 Å². The molecule has 94 valence electrons. The van der Waals surface area contributed by atoms with E-state index in [1.165, 1.54) is 0 Å². The lowest BCUT2D eigenvalue weighted by Crippen LogP contribution is -2.01. The zero-order valence-corrected chi connectivity index (χ0v) is 11.3. The van der Waals surface area contributed by atoms with Gasteiger partial charge >= 0.3 is 0 Å². The highest BCUT2D eigenvalue weighted by Gasteiger charge is 2.00. The molecule has 2 aromatic rings. The highest BCUT2D eigenvalue weighted by atomic mass is 79.9. The van der Waals surface area contributed by atoms with Crippen LogP contribution in [0.1, 0.15) is 11.4 Å². The van der Waals surface area contributed by atoms with Gasteiger partial charge in [-0.15, -0.1) is 0 Å². The van der Waals surface area contributed by atoms with Crippen molar-refractivity contribution in [3.8, 4) is 5.75 Å². The fourth-order valence-corrected chi connectivity index (χ4v) is 1.68. The molecule has 0 radical (unpaired) electrons. The standard InChI is InChI=1S/C13H13BrN2O2/c14-11-8-15-13(16-9-11)7-10-1-3-12(4-2-10)18-6-5-17/h1-4,8-9,17H,5-7H2. The maximum absolute atomic E-state index is 8.65. The molecule has 0 spiro atoms. The maximum Gasteiger partial charge on any atom is 0.132 e. The third kappa shape index (κ3) is 3.78. The van der Waals surface area contributed by atoms with Crippen LogP contribution >= 0.6 is 15.9 Å². The van der Waals surface area contributed by atoms with Crippen molar-refractivity contribution in [2.24, 2.45) is 0 Å². The molecule has 0 saturated heterocycles. The SMILES string of the molecule is OCCOc1ccc(Cc2ncc(Br)cn2)cc1. The normalized spacial score (nSPS) is 10.3. The van der Waals surface area contributed by atoms with Crippen LogP contribution in [0.2, 0.25) is 0 Å². The van der Waals surface area contributed by atoms with Gasteiger partial charge in [-0.25, -0.2) is 9.97 Å². The Morgan fingerprint density at radius 2 is 1.78 bits per heavy atom. The molecule has 0 atom stereocenters. The second kappa shape index (κ2) is 6.47.